The molecule has 0 unspecified atom stereocenters. The van der Waals surface area contributed by atoms with Crippen molar-refractivity contribution in [2.24, 2.45) is 7.05 Å². The zero-order valence-electron chi connectivity index (χ0n) is 25.0. The van der Waals surface area contributed by atoms with Gasteiger partial charge in [0.1, 0.15) is 12.2 Å². The van der Waals surface area contributed by atoms with Crippen LogP contribution in [0, 0.1) is 0 Å². The van der Waals surface area contributed by atoms with Gasteiger partial charge >= 0.3 is 6.09 Å². The highest BCUT2D eigenvalue weighted by molar-refractivity contribution is 6.10. The van der Waals surface area contributed by atoms with Crippen molar-refractivity contribution in [1.82, 2.24) is 35.0 Å². The highest BCUT2D eigenvalue weighted by Crippen LogP contribution is 2.32. The maximum atomic E-state index is 14.3. The van der Waals surface area contributed by atoms with Crippen LogP contribution >= 0.6 is 0 Å². The van der Waals surface area contributed by atoms with E-state index in [0.29, 0.717) is 58.9 Å². The number of pyridine rings is 1. The van der Waals surface area contributed by atoms with E-state index in [1.807, 2.05) is 65.6 Å². The second-order valence-electron chi connectivity index (χ2n) is 10.6. The number of piperazine rings is 1. The van der Waals surface area contributed by atoms with Gasteiger partial charge in [-0.05, 0) is 18.2 Å². The Kier molecular flexibility index (Phi) is 8.47. The molecule has 0 spiro atoms. The van der Waals surface area contributed by atoms with E-state index < -0.39 is 12.0 Å². The van der Waals surface area contributed by atoms with Crippen LogP contribution in [-0.2, 0) is 29.7 Å². The molecular weight excluding hydrogens is 572 g/mol. The van der Waals surface area contributed by atoms with E-state index in [1.165, 1.54) is 13.4 Å². The number of nitrogens with zero attached hydrogens (tertiary/aromatic N) is 7. The van der Waals surface area contributed by atoms with Crippen molar-refractivity contribution in [3.63, 3.8) is 0 Å². The van der Waals surface area contributed by atoms with Gasteiger partial charge in [0.15, 0.2) is 0 Å². The van der Waals surface area contributed by atoms with E-state index in [4.69, 9.17) is 9.72 Å². The molecule has 1 N–H and O–H groups in total. The molecule has 3 aromatic carbocycles. The fourth-order valence-electron chi connectivity index (χ4n) is 5.46. The minimum Gasteiger partial charge on any atom is -0.451 e. The molecule has 45 heavy (non-hydrogen) atoms. The second kappa shape index (κ2) is 12.9. The number of rotatable bonds is 7. The first-order valence-corrected chi connectivity index (χ1v) is 14.5. The minimum absolute atomic E-state index is 0.0498. The van der Waals surface area contributed by atoms with Crippen LogP contribution in [0.1, 0.15) is 21.7 Å². The molecule has 0 saturated carbocycles. The Bertz CT molecular complexity index is 1840. The molecule has 1 aliphatic rings. The Morgan fingerprint density at radius 1 is 0.933 bits per heavy atom. The SMILES string of the molecule is COC(=O)N(NC(=O)c1c(CN2CCN(Cc3ncnn3C)C(=O)C2)c(-c2ccccc2)nc2ccccc12)c1ccccc1. The van der Waals surface area contributed by atoms with Crippen LogP contribution < -0.4 is 10.4 Å². The van der Waals surface area contributed by atoms with Gasteiger partial charge in [-0.25, -0.2) is 14.8 Å². The highest BCUT2D eigenvalue weighted by Gasteiger charge is 2.30. The number of amides is 3. The van der Waals surface area contributed by atoms with Gasteiger partial charge in [0.05, 0.1) is 42.7 Å². The van der Waals surface area contributed by atoms with Crippen molar-refractivity contribution in [2.75, 3.05) is 31.8 Å². The Morgan fingerprint density at radius 3 is 2.33 bits per heavy atom. The summed E-state index contributed by atoms with van der Waals surface area (Å²) < 4.78 is 6.66. The molecule has 1 saturated heterocycles. The summed E-state index contributed by atoms with van der Waals surface area (Å²) in [6.07, 6.45) is 0.724. The highest BCUT2D eigenvalue weighted by atomic mass is 16.5. The van der Waals surface area contributed by atoms with Crippen LogP contribution in [0.4, 0.5) is 10.5 Å². The van der Waals surface area contributed by atoms with Crippen LogP contribution in [0.3, 0.4) is 0 Å². The van der Waals surface area contributed by atoms with E-state index in [0.717, 1.165) is 10.6 Å². The Hall–Kier alpha value is -5.62. The van der Waals surface area contributed by atoms with Crippen molar-refractivity contribution in [3.05, 3.63) is 108 Å². The molecule has 5 aromatic rings. The van der Waals surface area contributed by atoms with Crippen LogP contribution in [0.5, 0.6) is 0 Å². The molecule has 2 aromatic heterocycles. The minimum atomic E-state index is -0.748. The molecule has 1 aliphatic heterocycles. The number of methoxy groups -OCH3 is 1. The number of anilines is 1. The van der Waals surface area contributed by atoms with E-state index in [1.54, 1.807) is 40.9 Å². The van der Waals surface area contributed by atoms with Crippen LogP contribution in [0.25, 0.3) is 22.2 Å². The number of nitrogens with one attached hydrogen (secondary N) is 1. The molecule has 0 bridgehead atoms. The number of carbonyl (C=O) groups is 3. The number of hydrogen-bond acceptors (Lipinski definition) is 8. The van der Waals surface area contributed by atoms with Crippen molar-refractivity contribution >= 4 is 34.5 Å². The summed E-state index contributed by atoms with van der Waals surface area (Å²) in [7, 11) is 3.05. The number of hydrogen-bond donors (Lipinski definition) is 1. The molecule has 6 rings (SSSR count). The van der Waals surface area contributed by atoms with E-state index in [-0.39, 0.29) is 19.0 Å². The first-order valence-electron chi connectivity index (χ1n) is 14.5. The summed E-state index contributed by atoms with van der Waals surface area (Å²) in [4.78, 5) is 53.5. The lowest BCUT2D eigenvalue weighted by Crippen LogP contribution is -2.50. The average Bonchev–Trinajstić information content (AvgIpc) is 3.48. The van der Waals surface area contributed by atoms with Gasteiger partial charge < -0.3 is 9.64 Å². The molecule has 1 fully saturated rings. The quantitative estimate of drug-likeness (QED) is 0.278. The van der Waals surface area contributed by atoms with Crippen molar-refractivity contribution in [1.29, 1.82) is 0 Å². The number of carbonyl (C=O) groups excluding carboxylic acids is 3. The third kappa shape index (κ3) is 6.22. The topological polar surface area (TPSA) is 126 Å². The molecule has 0 radical (unpaired) electrons. The van der Waals surface area contributed by atoms with Gasteiger partial charge in [0.25, 0.3) is 5.91 Å². The van der Waals surface area contributed by atoms with E-state index >= 15 is 0 Å². The summed E-state index contributed by atoms with van der Waals surface area (Å²) in [5.41, 5.74) is 6.29. The first kappa shape index (κ1) is 29.5. The third-order valence-electron chi connectivity index (χ3n) is 7.77. The molecule has 0 aliphatic carbocycles. The van der Waals surface area contributed by atoms with Gasteiger partial charge in [-0.1, -0.05) is 66.7 Å². The normalized spacial score (nSPS) is 13.6. The lowest BCUT2D eigenvalue weighted by molar-refractivity contribution is -0.137. The number of aryl methyl sites for hydroxylation is 1. The fraction of sp³-hybridized carbons (Fsp3) is 0.212. The monoisotopic (exact) mass is 604 g/mol. The summed E-state index contributed by atoms with van der Waals surface area (Å²) in [6, 6.07) is 25.8. The largest absolute Gasteiger partial charge is 0.451 e. The molecule has 12 heteroatoms. The molecule has 12 nitrogen and oxygen atoms in total. The summed E-state index contributed by atoms with van der Waals surface area (Å²) in [6.45, 7) is 1.85. The van der Waals surface area contributed by atoms with E-state index in [2.05, 4.69) is 15.5 Å². The summed E-state index contributed by atoms with van der Waals surface area (Å²) in [5.74, 6) is 0.142. The predicted molar refractivity (Wildman–Crippen MR) is 168 cm³/mol. The van der Waals surface area contributed by atoms with Crippen molar-refractivity contribution < 1.29 is 19.1 Å². The van der Waals surface area contributed by atoms with Gasteiger partial charge in [0, 0.05) is 43.2 Å². The van der Waals surface area contributed by atoms with Crippen LogP contribution in [-0.4, -0.2) is 74.2 Å². The Morgan fingerprint density at radius 2 is 1.64 bits per heavy atom. The summed E-state index contributed by atoms with van der Waals surface area (Å²) >= 11 is 0. The lowest BCUT2D eigenvalue weighted by atomic mass is 9.95. The fourth-order valence-corrected chi connectivity index (χ4v) is 5.46. The maximum absolute atomic E-state index is 14.3. The standard InChI is InChI=1S/C33H32N8O4/c1-38-28(34-22-35-38)20-40-18-17-39(21-29(40)42)19-26-30(32(43)37-41(33(44)45-2)24-13-7-4-8-14-24)25-15-9-10-16-27(25)36-31(26)23-11-5-3-6-12-23/h3-16,22H,17-21H2,1-2H3,(H,37,43). The van der Waals surface area contributed by atoms with Gasteiger partial charge in [-0.15, -0.1) is 0 Å². The molecule has 3 amide bonds. The molecular formula is C33H32N8O4. The maximum Gasteiger partial charge on any atom is 0.433 e. The van der Waals surface area contributed by atoms with Gasteiger partial charge in [0.2, 0.25) is 5.91 Å². The number of hydrazine groups is 1. The lowest BCUT2D eigenvalue weighted by Gasteiger charge is -2.34. The number of ether oxygens (including phenoxy) is 1. The number of aromatic nitrogens is 4. The number of para-hydroxylation sites is 2. The summed E-state index contributed by atoms with van der Waals surface area (Å²) in [5, 5.41) is 5.81. The zero-order valence-corrected chi connectivity index (χ0v) is 25.0. The van der Waals surface area contributed by atoms with Gasteiger partial charge in [-0.3, -0.25) is 24.6 Å². The average molecular weight is 605 g/mol. The third-order valence-corrected chi connectivity index (χ3v) is 7.77. The number of fused-ring (bicyclic) bond motifs is 1. The Balaban J connectivity index is 1.40. The zero-order chi connectivity index (χ0) is 31.3. The smallest absolute Gasteiger partial charge is 0.433 e. The van der Waals surface area contributed by atoms with Crippen LogP contribution in [0.15, 0.2) is 91.3 Å². The Labute approximate surface area is 259 Å². The van der Waals surface area contributed by atoms with E-state index in [9.17, 15) is 14.4 Å². The first-order chi connectivity index (χ1) is 21.9. The van der Waals surface area contributed by atoms with Gasteiger partial charge in [-0.2, -0.15) is 10.1 Å². The van der Waals surface area contributed by atoms with Crippen molar-refractivity contribution in [3.8, 4) is 11.3 Å². The molecule has 3 heterocycles. The van der Waals surface area contributed by atoms with Crippen molar-refractivity contribution in [2.45, 2.75) is 13.1 Å². The molecule has 0 atom stereocenters. The number of benzene rings is 3. The van der Waals surface area contributed by atoms with Crippen LogP contribution in [0.2, 0.25) is 0 Å². The second-order valence-corrected chi connectivity index (χ2v) is 10.6. The molecule has 228 valence electrons. The predicted octanol–water partition coefficient (Wildman–Crippen LogP) is 3.79.